The zero-order valence-corrected chi connectivity index (χ0v) is 14.0. The summed E-state index contributed by atoms with van der Waals surface area (Å²) in [5.41, 5.74) is -0.907. The van der Waals surface area contributed by atoms with Gasteiger partial charge in [0.1, 0.15) is 17.4 Å². The highest BCUT2D eigenvalue weighted by Crippen LogP contribution is 2.31. The number of ether oxygens (including phenoxy) is 2. The Hall–Kier alpha value is -1.56. The van der Waals surface area contributed by atoms with Crippen molar-refractivity contribution >= 4 is 21.7 Å². The summed E-state index contributed by atoms with van der Waals surface area (Å²) in [6.45, 7) is -0.232. The number of carboxylic acid groups (broad SMARTS) is 1. The molecule has 0 aromatic heterocycles. The molecule has 24 heavy (non-hydrogen) atoms. The van der Waals surface area contributed by atoms with Crippen LogP contribution in [-0.4, -0.2) is 56.4 Å². The largest absolute Gasteiger partial charge is 0.630 e. The predicted molar refractivity (Wildman–Crippen MR) is 82.7 cm³/mol. The van der Waals surface area contributed by atoms with Gasteiger partial charge >= 0.3 is 5.97 Å². The topological polar surface area (TPSA) is 133 Å². The summed E-state index contributed by atoms with van der Waals surface area (Å²) in [6, 6.07) is 5.90. The first-order chi connectivity index (χ1) is 11.4. The minimum absolute atomic E-state index is 0.00577. The van der Waals surface area contributed by atoms with Crippen LogP contribution in [0.1, 0.15) is 12.8 Å². The normalized spacial score (nSPS) is 18.4. The highest BCUT2D eigenvalue weighted by molar-refractivity contribution is 7.89. The third-order valence-corrected chi connectivity index (χ3v) is 6.01. The summed E-state index contributed by atoms with van der Waals surface area (Å²) in [5.74, 6) is -1.15. The van der Waals surface area contributed by atoms with E-state index in [9.17, 15) is 23.5 Å². The van der Waals surface area contributed by atoms with Crippen molar-refractivity contribution in [2.45, 2.75) is 23.3 Å². The van der Waals surface area contributed by atoms with Gasteiger partial charge in [-0.25, -0.2) is 13.2 Å². The zero-order chi connectivity index (χ0) is 17.8. The Kier molecular flexibility index (Phi) is 5.91. The van der Waals surface area contributed by atoms with Crippen LogP contribution in [0.4, 0.5) is 5.69 Å². The summed E-state index contributed by atoms with van der Waals surface area (Å²) in [6.07, 6.45) is -0.0115. The van der Waals surface area contributed by atoms with Crippen LogP contribution in [0.3, 0.4) is 0 Å². The molecule has 1 aromatic rings. The van der Waals surface area contributed by atoms with E-state index in [4.69, 9.17) is 9.47 Å². The zero-order valence-electron chi connectivity index (χ0n) is 13.2. The smallest absolute Gasteiger partial charge is 0.336 e. The van der Waals surface area contributed by atoms with E-state index in [1.54, 1.807) is 6.07 Å². The van der Waals surface area contributed by atoms with Crippen molar-refractivity contribution in [1.82, 2.24) is 4.31 Å². The SMILES string of the molecule is COCOC1(C(=O)O)CCN(S(=O)(=O)c2ccccc2[NH2+][O-])CC1. The molecule has 0 bridgehead atoms. The summed E-state index contributed by atoms with van der Waals surface area (Å²) < 4.78 is 36.7. The first kappa shape index (κ1) is 18.8. The Morgan fingerprint density at radius 1 is 1.38 bits per heavy atom. The van der Waals surface area contributed by atoms with E-state index in [0.29, 0.717) is 5.48 Å². The van der Waals surface area contributed by atoms with Crippen LogP contribution >= 0.6 is 0 Å². The van der Waals surface area contributed by atoms with Crippen molar-refractivity contribution in [3.63, 3.8) is 0 Å². The maximum atomic E-state index is 12.7. The van der Waals surface area contributed by atoms with Crippen LogP contribution in [0.2, 0.25) is 0 Å². The van der Waals surface area contributed by atoms with Gasteiger partial charge in [-0.15, -0.1) is 0 Å². The van der Waals surface area contributed by atoms with Gasteiger partial charge in [0, 0.05) is 39.1 Å². The summed E-state index contributed by atoms with van der Waals surface area (Å²) in [4.78, 5) is 11.4. The van der Waals surface area contributed by atoms with Gasteiger partial charge in [-0.1, -0.05) is 12.1 Å². The average molecular weight is 360 g/mol. The fourth-order valence-electron chi connectivity index (χ4n) is 2.63. The summed E-state index contributed by atoms with van der Waals surface area (Å²) >= 11 is 0. The van der Waals surface area contributed by atoms with E-state index >= 15 is 0 Å². The second kappa shape index (κ2) is 7.55. The first-order valence-electron chi connectivity index (χ1n) is 7.28. The van der Waals surface area contributed by atoms with Gasteiger partial charge in [-0.3, -0.25) is 0 Å². The number of carbonyl (C=O) groups is 1. The number of hydrogen-bond acceptors (Lipinski definition) is 6. The number of sulfonamides is 1. The second-order valence-electron chi connectivity index (χ2n) is 5.41. The van der Waals surface area contributed by atoms with Crippen LogP contribution in [0.15, 0.2) is 29.2 Å². The molecule has 0 aliphatic carbocycles. The number of methoxy groups -OCH3 is 1. The molecule has 0 saturated carbocycles. The lowest BCUT2D eigenvalue weighted by Crippen LogP contribution is -2.70. The van der Waals surface area contributed by atoms with Gasteiger partial charge in [-0.2, -0.15) is 4.31 Å². The van der Waals surface area contributed by atoms with Crippen molar-refractivity contribution in [3.8, 4) is 0 Å². The summed E-state index contributed by atoms with van der Waals surface area (Å²) in [5, 5.41) is 20.5. The molecule has 2 rings (SSSR count). The molecule has 1 aliphatic rings. The van der Waals surface area contributed by atoms with Crippen LogP contribution in [0.25, 0.3) is 0 Å². The number of rotatable bonds is 7. The number of aliphatic carboxylic acids is 1. The van der Waals surface area contributed by atoms with Gasteiger partial charge in [-0.05, 0) is 6.07 Å². The van der Waals surface area contributed by atoms with E-state index in [1.165, 1.54) is 29.6 Å². The lowest BCUT2D eigenvalue weighted by atomic mass is 9.92. The Balaban J connectivity index is 2.20. The van der Waals surface area contributed by atoms with Crippen LogP contribution < -0.4 is 5.48 Å². The molecule has 9 nitrogen and oxygen atoms in total. The molecule has 0 amide bonds. The van der Waals surface area contributed by atoms with Crippen molar-refractivity contribution in [3.05, 3.63) is 29.5 Å². The molecular weight excluding hydrogens is 340 g/mol. The van der Waals surface area contributed by atoms with Gasteiger partial charge in [0.05, 0.1) is 0 Å². The standard InChI is InChI=1S/C14H20N2O7S/c1-22-10-23-14(13(17)18)6-8-16(9-7-14)24(20,21)12-5-3-2-4-11(12)15-19/h2-5H,6-10,15H2,1H3,(H,17,18). The molecule has 134 valence electrons. The molecule has 1 aliphatic heterocycles. The number of piperidine rings is 1. The molecule has 3 N–H and O–H groups in total. The van der Waals surface area contributed by atoms with E-state index in [2.05, 4.69) is 0 Å². The number of nitrogens with two attached hydrogens (primary N) is 1. The molecule has 1 aromatic carbocycles. The maximum Gasteiger partial charge on any atom is 0.336 e. The Labute approximate surface area is 139 Å². The first-order valence-corrected chi connectivity index (χ1v) is 8.72. The van der Waals surface area contributed by atoms with Crippen LogP contribution in [0.5, 0.6) is 0 Å². The molecule has 1 heterocycles. The minimum atomic E-state index is -3.88. The third kappa shape index (κ3) is 3.58. The quantitative estimate of drug-likeness (QED) is 0.384. The molecule has 1 saturated heterocycles. The number of quaternary nitrogens is 1. The van der Waals surface area contributed by atoms with Crippen molar-refractivity contribution < 1.29 is 33.3 Å². The van der Waals surface area contributed by atoms with Crippen molar-refractivity contribution in [1.29, 1.82) is 0 Å². The molecule has 0 unspecified atom stereocenters. The third-order valence-electron chi connectivity index (χ3n) is 4.04. The minimum Gasteiger partial charge on any atom is -0.630 e. The molecule has 0 atom stereocenters. The molecular formula is C14H20N2O7S. The van der Waals surface area contributed by atoms with Crippen molar-refractivity contribution in [2.75, 3.05) is 27.0 Å². The number of benzene rings is 1. The van der Waals surface area contributed by atoms with Crippen LogP contribution in [0, 0.1) is 5.21 Å². The lowest BCUT2D eigenvalue weighted by molar-refractivity contribution is -0.499. The van der Waals surface area contributed by atoms with Crippen molar-refractivity contribution in [2.24, 2.45) is 0 Å². The monoisotopic (exact) mass is 360 g/mol. The number of nitrogens with zero attached hydrogens (tertiary/aromatic N) is 1. The fraction of sp³-hybridized carbons (Fsp3) is 0.500. The number of hydrogen-bond donors (Lipinski definition) is 2. The maximum absolute atomic E-state index is 12.7. The highest BCUT2D eigenvalue weighted by atomic mass is 32.2. The van der Waals surface area contributed by atoms with E-state index in [1.807, 2.05) is 0 Å². The molecule has 1 fully saturated rings. The van der Waals surface area contributed by atoms with Gasteiger partial charge < -0.3 is 25.3 Å². The second-order valence-corrected chi connectivity index (χ2v) is 7.32. The lowest BCUT2D eigenvalue weighted by Gasteiger charge is -2.37. The number of carboxylic acids is 1. The fourth-order valence-corrected chi connectivity index (χ4v) is 4.24. The Morgan fingerprint density at radius 2 is 2.00 bits per heavy atom. The van der Waals surface area contributed by atoms with E-state index in [0.717, 1.165) is 0 Å². The predicted octanol–water partition coefficient (Wildman–Crippen LogP) is -0.392. The summed E-state index contributed by atoms with van der Waals surface area (Å²) in [7, 11) is -2.50. The average Bonchev–Trinajstić information content (AvgIpc) is 2.60. The Bertz CT molecular complexity index is 684. The molecule has 10 heteroatoms. The van der Waals surface area contributed by atoms with Crippen LogP contribution in [-0.2, 0) is 24.3 Å². The van der Waals surface area contributed by atoms with E-state index in [-0.39, 0.29) is 43.3 Å². The highest BCUT2D eigenvalue weighted by Gasteiger charge is 2.45. The Morgan fingerprint density at radius 3 is 2.54 bits per heavy atom. The van der Waals surface area contributed by atoms with Gasteiger partial charge in [0.2, 0.25) is 10.0 Å². The van der Waals surface area contributed by atoms with E-state index < -0.39 is 21.6 Å². The van der Waals surface area contributed by atoms with Gasteiger partial charge in [0.25, 0.3) is 0 Å². The van der Waals surface area contributed by atoms with Gasteiger partial charge in [0.15, 0.2) is 5.60 Å². The molecule has 0 radical (unpaired) electrons. The molecule has 0 spiro atoms.